The Morgan fingerprint density at radius 3 is 2.50 bits per heavy atom. The maximum Gasteiger partial charge on any atom is 0.413 e. The number of nitrogens with one attached hydrogen (secondary N) is 1. The van der Waals surface area contributed by atoms with Gasteiger partial charge in [0.25, 0.3) is 5.91 Å². The van der Waals surface area contributed by atoms with E-state index in [1.54, 1.807) is 18.3 Å². The van der Waals surface area contributed by atoms with Gasteiger partial charge in [-0.2, -0.15) is 0 Å². The highest BCUT2D eigenvalue weighted by molar-refractivity contribution is 7.99. The second kappa shape index (κ2) is 9.00. The van der Waals surface area contributed by atoms with Crippen LogP contribution in [0.2, 0.25) is 0 Å². The average molecular weight is 374 g/mol. The number of hydrogen-bond acceptors (Lipinski definition) is 7. The molecule has 8 heteroatoms. The van der Waals surface area contributed by atoms with Crippen molar-refractivity contribution in [3.05, 3.63) is 53.7 Å². The number of ether oxygens (including phenoxy) is 2. The summed E-state index contributed by atoms with van der Waals surface area (Å²) in [7, 11) is 1.13. The van der Waals surface area contributed by atoms with Gasteiger partial charge >= 0.3 is 12.1 Å². The number of benzene rings is 1. The van der Waals surface area contributed by atoms with Crippen LogP contribution in [0, 0.1) is 6.92 Å². The number of imide groups is 1. The van der Waals surface area contributed by atoms with E-state index in [4.69, 9.17) is 4.74 Å². The fourth-order valence-electron chi connectivity index (χ4n) is 1.88. The molecule has 0 unspecified atom stereocenters. The van der Waals surface area contributed by atoms with E-state index < -0.39 is 24.1 Å². The molecule has 0 spiro atoms. The Kier molecular flexibility index (Phi) is 6.74. The molecule has 0 saturated heterocycles. The zero-order valence-electron chi connectivity index (χ0n) is 14.5. The molecule has 0 aliphatic heterocycles. The molecule has 2 rings (SSSR count). The molecule has 0 bridgehead atoms. The molecule has 1 atom stereocenters. The Bertz CT molecular complexity index is 807. The van der Waals surface area contributed by atoms with Gasteiger partial charge in [0.2, 0.25) is 0 Å². The average Bonchev–Trinajstić information content (AvgIpc) is 2.63. The second-order valence-corrected chi connectivity index (χ2v) is 6.36. The van der Waals surface area contributed by atoms with Crippen LogP contribution < -0.4 is 5.32 Å². The highest BCUT2D eigenvalue weighted by Crippen LogP contribution is 2.29. The number of carbonyl (C=O) groups excluding carboxylic acids is 3. The number of pyridine rings is 1. The van der Waals surface area contributed by atoms with E-state index in [0.29, 0.717) is 5.03 Å². The Morgan fingerprint density at radius 2 is 1.85 bits per heavy atom. The van der Waals surface area contributed by atoms with Crippen LogP contribution in [-0.4, -0.2) is 36.2 Å². The van der Waals surface area contributed by atoms with Gasteiger partial charge in [-0.1, -0.05) is 29.5 Å². The summed E-state index contributed by atoms with van der Waals surface area (Å²) in [6, 6.07) is 10.9. The first kappa shape index (κ1) is 19.5. The topological polar surface area (TPSA) is 94.6 Å². The maximum absolute atomic E-state index is 12.4. The lowest BCUT2D eigenvalue weighted by molar-refractivity contribution is -0.128. The number of esters is 1. The molecular formula is C18H18N2O5S. The van der Waals surface area contributed by atoms with Gasteiger partial charge in [0.15, 0.2) is 6.10 Å². The smallest absolute Gasteiger partial charge is 0.413 e. The first-order valence-corrected chi connectivity index (χ1v) is 8.51. The molecule has 1 heterocycles. The normalized spacial score (nSPS) is 11.3. The summed E-state index contributed by atoms with van der Waals surface area (Å²) in [5.41, 5.74) is 1.36. The van der Waals surface area contributed by atoms with Gasteiger partial charge in [0.1, 0.15) is 5.03 Å². The largest absolute Gasteiger partial charge is 0.453 e. The molecule has 2 aromatic rings. The van der Waals surface area contributed by atoms with E-state index in [1.807, 2.05) is 36.5 Å². The van der Waals surface area contributed by atoms with Crippen LogP contribution >= 0.6 is 11.8 Å². The lowest BCUT2D eigenvalue weighted by Crippen LogP contribution is -2.39. The first-order chi connectivity index (χ1) is 12.4. The molecule has 0 aliphatic rings. The Hall–Kier alpha value is -2.87. The summed E-state index contributed by atoms with van der Waals surface area (Å²) in [5.74, 6) is -1.48. The van der Waals surface area contributed by atoms with Gasteiger partial charge in [-0.3, -0.25) is 10.1 Å². The van der Waals surface area contributed by atoms with Gasteiger partial charge in [0.05, 0.1) is 12.7 Å². The standard InChI is InChI=1S/C18H18N2O5S/c1-11-6-8-13(9-7-11)26-16-14(5-4-10-19-16)17(22)25-12(2)15(21)20-18(23)24-3/h4-10,12H,1-3H3,(H,20,21,23)/t12-/m1/s1. The predicted octanol–water partition coefficient (Wildman–Crippen LogP) is 2.97. The number of rotatable bonds is 5. The summed E-state index contributed by atoms with van der Waals surface area (Å²) in [5, 5.41) is 2.41. The van der Waals surface area contributed by atoms with Crippen molar-refractivity contribution in [2.45, 2.75) is 29.9 Å². The zero-order chi connectivity index (χ0) is 19.1. The molecule has 0 radical (unpaired) electrons. The molecule has 0 aliphatic carbocycles. The van der Waals surface area contributed by atoms with Crippen molar-refractivity contribution in [3.63, 3.8) is 0 Å². The molecule has 0 saturated carbocycles. The van der Waals surface area contributed by atoms with E-state index in [0.717, 1.165) is 17.6 Å². The quantitative estimate of drug-likeness (QED) is 0.804. The minimum atomic E-state index is -1.17. The lowest BCUT2D eigenvalue weighted by Gasteiger charge is -2.13. The Labute approximate surface area is 155 Å². The third-order valence-corrected chi connectivity index (χ3v) is 4.32. The van der Waals surface area contributed by atoms with Crippen molar-refractivity contribution in [2.75, 3.05) is 7.11 Å². The second-order valence-electron chi connectivity index (χ2n) is 5.30. The SMILES string of the molecule is COC(=O)NC(=O)[C@@H](C)OC(=O)c1cccnc1Sc1ccc(C)cc1. The van der Waals surface area contributed by atoms with Gasteiger partial charge in [0, 0.05) is 11.1 Å². The minimum absolute atomic E-state index is 0.232. The molecule has 2 amide bonds. The van der Waals surface area contributed by atoms with E-state index in [9.17, 15) is 14.4 Å². The molecule has 1 N–H and O–H groups in total. The molecule has 136 valence electrons. The number of aromatic nitrogens is 1. The van der Waals surface area contributed by atoms with Crippen LogP contribution in [0.3, 0.4) is 0 Å². The van der Waals surface area contributed by atoms with Crippen LogP contribution in [-0.2, 0) is 14.3 Å². The predicted molar refractivity (Wildman–Crippen MR) is 95.0 cm³/mol. The number of alkyl carbamates (subject to hydrolysis) is 1. The monoisotopic (exact) mass is 374 g/mol. The van der Waals surface area contributed by atoms with Crippen molar-refractivity contribution >= 4 is 29.7 Å². The van der Waals surface area contributed by atoms with Crippen LogP contribution in [0.25, 0.3) is 0 Å². The molecule has 7 nitrogen and oxygen atoms in total. The third-order valence-electron chi connectivity index (χ3n) is 3.29. The van der Waals surface area contributed by atoms with Crippen molar-refractivity contribution in [1.29, 1.82) is 0 Å². The number of aryl methyl sites for hydroxylation is 1. The summed E-state index contributed by atoms with van der Waals surface area (Å²) in [6.45, 7) is 3.35. The van der Waals surface area contributed by atoms with Gasteiger partial charge < -0.3 is 9.47 Å². The van der Waals surface area contributed by atoms with Gasteiger partial charge in [-0.25, -0.2) is 14.6 Å². The fourth-order valence-corrected chi connectivity index (χ4v) is 2.75. The Morgan fingerprint density at radius 1 is 1.15 bits per heavy atom. The Balaban J connectivity index is 2.10. The van der Waals surface area contributed by atoms with Crippen molar-refractivity contribution in [1.82, 2.24) is 10.3 Å². The van der Waals surface area contributed by atoms with Crippen molar-refractivity contribution in [2.24, 2.45) is 0 Å². The van der Waals surface area contributed by atoms with Crippen molar-refractivity contribution in [3.8, 4) is 0 Å². The van der Waals surface area contributed by atoms with E-state index in [-0.39, 0.29) is 5.56 Å². The van der Waals surface area contributed by atoms with E-state index in [1.165, 1.54) is 18.7 Å². The third kappa shape index (κ3) is 5.32. The first-order valence-electron chi connectivity index (χ1n) is 7.70. The summed E-state index contributed by atoms with van der Waals surface area (Å²) >= 11 is 1.31. The molecular weight excluding hydrogens is 356 g/mol. The van der Waals surface area contributed by atoms with Crippen molar-refractivity contribution < 1.29 is 23.9 Å². The van der Waals surface area contributed by atoms with Crippen LogP contribution in [0.5, 0.6) is 0 Å². The fraction of sp³-hybridized carbons (Fsp3) is 0.222. The highest BCUT2D eigenvalue weighted by Gasteiger charge is 2.23. The number of carbonyl (C=O) groups is 3. The number of methoxy groups -OCH3 is 1. The number of nitrogens with zero attached hydrogens (tertiary/aromatic N) is 1. The van der Waals surface area contributed by atoms with Gasteiger partial charge in [-0.05, 0) is 38.1 Å². The summed E-state index contributed by atoms with van der Waals surface area (Å²) < 4.78 is 9.46. The molecule has 1 aromatic heterocycles. The van der Waals surface area contributed by atoms with Gasteiger partial charge in [-0.15, -0.1) is 0 Å². The van der Waals surface area contributed by atoms with Crippen LogP contribution in [0.1, 0.15) is 22.8 Å². The maximum atomic E-state index is 12.4. The number of hydrogen-bond donors (Lipinski definition) is 1. The lowest BCUT2D eigenvalue weighted by atomic mass is 10.2. The summed E-state index contributed by atoms with van der Waals surface area (Å²) in [4.78, 5) is 40.4. The molecule has 1 aromatic carbocycles. The minimum Gasteiger partial charge on any atom is -0.453 e. The zero-order valence-corrected chi connectivity index (χ0v) is 15.3. The van der Waals surface area contributed by atoms with E-state index >= 15 is 0 Å². The molecule has 0 fully saturated rings. The van der Waals surface area contributed by atoms with Crippen LogP contribution in [0.4, 0.5) is 4.79 Å². The molecule has 26 heavy (non-hydrogen) atoms. The number of amides is 2. The van der Waals surface area contributed by atoms with E-state index in [2.05, 4.69) is 9.72 Å². The highest BCUT2D eigenvalue weighted by atomic mass is 32.2. The summed E-state index contributed by atoms with van der Waals surface area (Å²) in [6.07, 6.45) is -0.519. The van der Waals surface area contributed by atoms with Crippen LogP contribution in [0.15, 0.2) is 52.5 Å².